The normalized spacial score (nSPS) is 11.4. The predicted octanol–water partition coefficient (Wildman–Crippen LogP) is -0.246. The number of benzene rings is 1. The maximum Gasteiger partial charge on any atom is 0.325 e. The van der Waals surface area contributed by atoms with Gasteiger partial charge < -0.3 is 20.9 Å². The van der Waals surface area contributed by atoms with Crippen LogP contribution in [0.1, 0.15) is 17.3 Å². The lowest BCUT2D eigenvalue weighted by atomic mass is 10.2. The third-order valence-corrected chi connectivity index (χ3v) is 2.26. The summed E-state index contributed by atoms with van der Waals surface area (Å²) in [5, 5.41) is 10.8. The Balaban J connectivity index is 2.60. The van der Waals surface area contributed by atoms with Gasteiger partial charge in [-0.25, -0.2) is 0 Å². The topological polar surface area (TPSA) is 119 Å². The molecule has 7 nitrogen and oxygen atoms in total. The first-order valence-corrected chi connectivity index (χ1v) is 5.45. The number of ether oxygens (including phenoxy) is 1. The molecule has 0 saturated carbocycles. The van der Waals surface area contributed by atoms with Crippen LogP contribution in [-0.4, -0.2) is 35.5 Å². The first-order valence-electron chi connectivity index (χ1n) is 5.45. The number of carboxylic acids is 1. The van der Waals surface area contributed by atoms with Crippen molar-refractivity contribution in [2.75, 3.05) is 6.61 Å². The molecule has 0 aliphatic carbocycles. The van der Waals surface area contributed by atoms with E-state index >= 15 is 0 Å². The monoisotopic (exact) mass is 266 g/mol. The molecule has 1 aromatic rings. The van der Waals surface area contributed by atoms with Crippen molar-refractivity contribution in [2.24, 2.45) is 5.73 Å². The van der Waals surface area contributed by atoms with Gasteiger partial charge in [-0.2, -0.15) is 0 Å². The molecular weight excluding hydrogens is 252 g/mol. The van der Waals surface area contributed by atoms with Crippen molar-refractivity contribution in [2.45, 2.75) is 13.0 Å². The van der Waals surface area contributed by atoms with Crippen molar-refractivity contribution in [1.29, 1.82) is 0 Å². The Morgan fingerprint density at radius 3 is 2.58 bits per heavy atom. The minimum absolute atomic E-state index is 0.154. The fourth-order valence-electron chi connectivity index (χ4n) is 1.28. The molecule has 4 N–H and O–H groups in total. The number of primary amides is 1. The first-order chi connectivity index (χ1) is 8.91. The van der Waals surface area contributed by atoms with Gasteiger partial charge in [0.15, 0.2) is 6.61 Å². The lowest BCUT2D eigenvalue weighted by molar-refractivity contribution is -0.141. The summed E-state index contributed by atoms with van der Waals surface area (Å²) in [5.41, 5.74) is 5.30. The van der Waals surface area contributed by atoms with Crippen molar-refractivity contribution in [3.05, 3.63) is 29.8 Å². The van der Waals surface area contributed by atoms with E-state index in [1.165, 1.54) is 19.1 Å². The third kappa shape index (κ3) is 4.30. The number of aliphatic carboxylic acids is 1. The van der Waals surface area contributed by atoms with E-state index in [0.717, 1.165) is 0 Å². The molecule has 0 bridgehead atoms. The zero-order valence-electron chi connectivity index (χ0n) is 10.3. The predicted molar refractivity (Wildman–Crippen MR) is 65.7 cm³/mol. The standard InChI is InChI=1S/C12H14N2O5/c1-7(12(17)18)14-10(15)6-19-9-5-3-2-4-8(9)11(13)16/h2-5,7H,6H2,1H3,(H2,13,16)(H,14,15)(H,17,18)/t7-/m1/s1. The Kier molecular flexibility index (Phi) is 4.87. The van der Waals surface area contributed by atoms with Crippen LogP contribution in [0.3, 0.4) is 0 Å². The highest BCUT2D eigenvalue weighted by Gasteiger charge is 2.15. The molecule has 0 radical (unpaired) electrons. The Hall–Kier alpha value is -2.57. The third-order valence-electron chi connectivity index (χ3n) is 2.26. The minimum Gasteiger partial charge on any atom is -0.483 e. The van der Waals surface area contributed by atoms with Gasteiger partial charge in [0.1, 0.15) is 11.8 Å². The highest BCUT2D eigenvalue weighted by Crippen LogP contribution is 2.16. The molecular formula is C12H14N2O5. The van der Waals surface area contributed by atoms with E-state index in [4.69, 9.17) is 15.6 Å². The molecule has 2 amide bonds. The Bertz CT molecular complexity index is 501. The van der Waals surface area contributed by atoms with Crippen molar-refractivity contribution in [1.82, 2.24) is 5.32 Å². The smallest absolute Gasteiger partial charge is 0.325 e. The molecule has 102 valence electrons. The second-order valence-electron chi connectivity index (χ2n) is 3.78. The molecule has 0 unspecified atom stereocenters. The van der Waals surface area contributed by atoms with Gasteiger partial charge in [0.2, 0.25) is 0 Å². The van der Waals surface area contributed by atoms with Gasteiger partial charge in [-0.3, -0.25) is 14.4 Å². The van der Waals surface area contributed by atoms with Gasteiger partial charge in [-0.1, -0.05) is 12.1 Å². The van der Waals surface area contributed by atoms with Crippen molar-refractivity contribution in [3.8, 4) is 5.75 Å². The molecule has 0 aliphatic rings. The SMILES string of the molecule is C[C@@H](NC(=O)COc1ccccc1C(N)=O)C(=O)O. The highest BCUT2D eigenvalue weighted by atomic mass is 16.5. The number of hydrogen-bond acceptors (Lipinski definition) is 4. The van der Waals surface area contributed by atoms with Crippen molar-refractivity contribution < 1.29 is 24.2 Å². The number of rotatable bonds is 6. The Morgan fingerprint density at radius 1 is 1.37 bits per heavy atom. The lowest BCUT2D eigenvalue weighted by Crippen LogP contribution is -2.40. The summed E-state index contributed by atoms with van der Waals surface area (Å²) < 4.78 is 5.14. The average molecular weight is 266 g/mol. The van der Waals surface area contributed by atoms with Crippen LogP contribution in [0.4, 0.5) is 0 Å². The van der Waals surface area contributed by atoms with E-state index in [1.54, 1.807) is 12.1 Å². The first kappa shape index (κ1) is 14.5. The minimum atomic E-state index is -1.15. The second-order valence-corrected chi connectivity index (χ2v) is 3.78. The summed E-state index contributed by atoms with van der Waals surface area (Å²) in [4.78, 5) is 33.0. The molecule has 19 heavy (non-hydrogen) atoms. The van der Waals surface area contributed by atoms with Gasteiger partial charge >= 0.3 is 5.97 Å². The largest absolute Gasteiger partial charge is 0.483 e. The molecule has 1 rings (SSSR count). The zero-order valence-corrected chi connectivity index (χ0v) is 10.3. The van der Waals surface area contributed by atoms with E-state index in [1.807, 2.05) is 0 Å². The van der Waals surface area contributed by atoms with Gasteiger partial charge in [-0.15, -0.1) is 0 Å². The van der Waals surface area contributed by atoms with E-state index < -0.39 is 30.4 Å². The van der Waals surface area contributed by atoms with Crippen molar-refractivity contribution >= 4 is 17.8 Å². The van der Waals surface area contributed by atoms with Gasteiger partial charge in [0.05, 0.1) is 5.56 Å². The van der Waals surface area contributed by atoms with Crippen LogP contribution in [0.15, 0.2) is 24.3 Å². The maximum atomic E-state index is 11.4. The molecule has 0 saturated heterocycles. The molecule has 7 heteroatoms. The number of carboxylic acid groups (broad SMARTS) is 1. The molecule has 0 aromatic heterocycles. The number of amides is 2. The highest BCUT2D eigenvalue weighted by molar-refractivity contribution is 5.95. The number of nitrogens with one attached hydrogen (secondary N) is 1. The van der Waals surface area contributed by atoms with E-state index in [-0.39, 0.29) is 11.3 Å². The van der Waals surface area contributed by atoms with Gasteiger partial charge in [0.25, 0.3) is 11.8 Å². The molecule has 1 atom stereocenters. The van der Waals surface area contributed by atoms with Crippen LogP contribution in [0.25, 0.3) is 0 Å². The Morgan fingerprint density at radius 2 is 2.00 bits per heavy atom. The molecule has 0 aliphatic heterocycles. The lowest BCUT2D eigenvalue weighted by Gasteiger charge is -2.11. The van der Waals surface area contributed by atoms with Crippen molar-refractivity contribution in [3.63, 3.8) is 0 Å². The number of hydrogen-bond donors (Lipinski definition) is 3. The number of carbonyl (C=O) groups excluding carboxylic acids is 2. The number of para-hydroxylation sites is 1. The molecule has 0 heterocycles. The molecule has 0 spiro atoms. The average Bonchev–Trinajstić information content (AvgIpc) is 2.36. The van der Waals surface area contributed by atoms with E-state index in [2.05, 4.69) is 5.32 Å². The van der Waals surface area contributed by atoms with Crippen LogP contribution in [0, 0.1) is 0 Å². The zero-order chi connectivity index (χ0) is 14.4. The fraction of sp³-hybridized carbons (Fsp3) is 0.250. The van der Waals surface area contributed by atoms with Crippen LogP contribution < -0.4 is 15.8 Å². The van der Waals surface area contributed by atoms with Crippen LogP contribution >= 0.6 is 0 Å². The number of nitrogens with two attached hydrogens (primary N) is 1. The van der Waals surface area contributed by atoms with Gasteiger partial charge in [-0.05, 0) is 19.1 Å². The summed E-state index contributed by atoms with van der Waals surface area (Å²) in [6.07, 6.45) is 0. The van der Waals surface area contributed by atoms with Crippen LogP contribution in [0.5, 0.6) is 5.75 Å². The van der Waals surface area contributed by atoms with E-state index in [9.17, 15) is 14.4 Å². The second kappa shape index (κ2) is 6.39. The van der Waals surface area contributed by atoms with Crippen LogP contribution in [0.2, 0.25) is 0 Å². The molecule has 0 fully saturated rings. The fourth-order valence-corrected chi connectivity index (χ4v) is 1.28. The van der Waals surface area contributed by atoms with E-state index in [0.29, 0.717) is 0 Å². The maximum absolute atomic E-state index is 11.4. The summed E-state index contributed by atoms with van der Waals surface area (Å²) in [6.45, 7) is 0.930. The molecule has 1 aromatic carbocycles. The van der Waals surface area contributed by atoms with Crippen LogP contribution in [-0.2, 0) is 9.59 Å². The van der Waals surface area contributed by atoms with Gasteiger partial charge in [0, 0.05) is 0 Å². The number of carbonyl (C=O) groups is 3. The summed E-state index contributed by atoms with van der Waals surface area (Å²) in [5.74, 6) is -2.25. The quantitative estimate of drug-likeness (QED) is 0.656. The summed E-state index contributed by atoms with van der Waals surface area (Å²) in [7, 11) is 0. The summed E-state index contributed by atoms with van der Waals surface area (Å²) in [6, 6.07) is 5.19. The Labute approximate surface area is 109 Å². The summed E-state index contributed by atoms with van der Waals surface area (Å²) >= 11 is 0.